The third kappa shape index (κ3) is 3.51. The lowest BCUT2D eigenvalue weighted by molar-refractivity contribution is -0.134. The zero-order chi connectivity index (χ0) is 17.9. The van der Waals surface area contributed by atoms with Crippen LogP contribution in [0.15, 0.2) is 48.8 Å². The Balaban J connectivity index is 1.34. The van der Waals surface area contributed by atoms with E-state index in [9.17, 15) is 4.79 Å². The average Bonchev–Trinajstić information content (AvgIpc) is 3.12. The Kier molecular flexibility index (Phi) is 5.02. The lowest BCUT2D eigenvalue weighted by Gasteiger charge is -2.37. The predicted molar refractivity (Wildman–Crippen MR) is 103 cm³/mol. The number of carbonyl (C=O) groups excluding carboxylic acids is 1. The van der Waals surface area contributed by atoms with Crippen LogP contribution in [0.3, 0.4) is 0 Å². The minimum absolute atomic E-state index is 0.0612. The third-order valence-corrected chi connectivity index (χ3v) is 6.04. The number of hydrogen-bond acceptors (Lipinski definition) is 3. The van der Waals surface area contributed by atoms with Gasteiger partial charge in [0, 0.05) is 45.1 Å². The van der Waals surface area contributed by atoms with E-state index in [1.54, 1.807) is 0 Å². The number of aryl methyl sites for hydroxylation is 1. The summed E-state index contributed by atoms with van der Waals surface area (Å²) in [5.74, 6) is 0.369. The zero-order valence-corrected chi connectivity index (χ0v) is 15.5. The van der Waals surface area contributed by atoms with E-state index in [-0.39, 0.29) is 5.92 Å². The van der Waals surface area contributed by atoms with Gasteiger partial charge in [-0.1, -0.05) is 24.3 Å². The topological polar surface area (TPSA) is 36.4 Å². The van der Waals surface area contributed by atoms with Gasteiger partial charge < -0.3 is 4.90 Å². The Morgan fingerprint density at radius 2 is 1.85 bits per heavy atom. The lowest BCUT2D eigenvalue weighted by atomic mass is 9.97. The fourth-order valence-corrected chi connectivity index (χ4v) is 4.45. The number of fused-ring (bicyclic) bond motifs is 1. The maximum atomic E-state index is 13.1. The van der Waals surface area contributed by atoms with E-state index in [1.807, 2.05) is 24.3 Å². The van der Waals surface area contributed by atoms with E-state index in [4.69, 9.17) is 0 Å². The highest BCUT2D eigenvalue weighted by Crippen LogP contribution is 2.35. The van der Waals surface area contributed by atoms with Crippen molar-refractivity contribution in [2.75, 3.05) is 20.1 Å². The molecule has 4 heteroatoms. The number of hydrogen-bond donors (Lipinski definition) is 0. The Morgan fingerprint density at radius 1 is 1.12 bits per heavy atom. The minimum atomic E-state index is 0.0612. The van der Waals surface area contributed by atoms with Gasteiger partial charge in [-0.05, 0) is 54.5 Å². The number of pyridine rings is 1. The molecule has 4 rings (SSSR count). The highest BCUT2D eigenvalue weighted by atomic mass is 16.2. The molecule has 2 heterocycles. The van der Waals surface area contributed by atoms with Gasteiger partial charge in [-0.15, -0.1) is 0 Å². The van der Waals surface area contributed by atoms with Gasteiger partial charge in [-0.2, -0.15) is 0 Å². The van der Waals surface area contributed by atoms with Crippen LogP contribution >= 0.6 is 0 Å². The molecular weight excluding hydrogens is 322 g/mol. The summed E-state index contributed by atoms with van der Waals surface area (Å²) in [5, 5.41) is 0. The van der Waals surface area contributed by atoms with Crippen molar-refractivity contribution in [3.63, 3.8) is 0 Å². The molecule has 1 amide bonds. The van der Waals surface area contributed by atoms with Crippen molar-refractivity contribution < 1.29 is 4.79 Å². The molecule has 0 spiro atoms. The van der Waals surface area contributed by atoms with Crippen LogP contribution in [-0.2, 0) is 17.8 Å². The fraction of sp³-hybridized carbons (Fsp3) is 0.455. The van der Waals surface area contributed by atoms with Crippen molar-refractivity contribution in [1.29, 1.82) is 0 Å². The molecule has 1 aliphatic heterocycles. The van der Waals surface area contributed by atoms with Crippen LogP contribution in [0.5, 0.6) is 0 Å². The van der Waals surface area contributed by atoms with Gasteiger partial charge in [0.1, 0.15) is 0 Å². The Labute approximate surface area is 155 Å². The molecule has 0 radical (unpaired) electrons. The number of aromatic nitrogens is 1. The maximum absolute atomic E-state index is 13.1. The van der Waals surface area contributed by atoms with Gasteiger partial charge in [0.2, 0.25) is 5.91 Å². The van der Waals surface area contributed by atoms with E-state index in [0.717, 1.165) is 45.3 Å². The minimum Gasteiger partial charge on any atom is -0.342 e. The lowest BCUT2D eigenvalue weighted by Crippen LogP contribution is -2.46. The largest absolute Gasteiger partial charge is 0.342 e. The van der Waals surface area contributed by atoms with Gasteiger partial charge >= 0.3 is 0 Å². The fourth-order valence-electron chi connectivity index (χ4n) is 4.45. The molecule has 1 aromatic heterocycles. The predicted octanol–water partition coefficient (Wildman–Crippen LogP) is 3.23. The molecular formula is C22H27N3O. The number of carbonyl (C=O) groups is 1. The van der Waals surface area contributed by atoms with Crippen molar-refractivity contribution in [2.45, 2.75) is 44.2 Å². The number of rotatable bonds is 4. The van der Waals surface area contributed by atoms with E-state index in [0.29, 0.717) is 11.9 Å². The molecule has 1 atom stereocenters. The van der Waals surface area contributed by atoms with Gasteiger partial charge in [-0.3, -0.25) is 14.7 Å². The van der Waals surface area contributed by atoms with Crippen molar-refractivity contribution in [3.05, 3.63) is 65.5 Å². The van der Waals surface area contributed by atoms with Crippen LogP contribution in [0.2, 0.25) is 0 Å². The maximum Gasteiger partial charge on any atom is 0.230 e. The first-order chi connectivity index (χ1) is 12.7. The molecule has 1 fully saturated rings. The normalized spacial score (nSPS) is 20.7. The molecule has 0 saturated carbocycles. The van der Waals surface area contributed by atoms with E-state index in [1.165, 1.54) is 16.7 Å². The summed E-state index contributed by atoms with van der Waals surface area (Å²) in [6.07, 6.45) is 7.82. The van der Waals surface area contributed by atoms with Crippen LogP contribution in [0.1, 0.15) is 41.9 Å². The summed E-state index contributed by atoms with van der Waals surface area (Å²) < 4.78 is 0. The summed E-state index contributed by atoms with van der Waals surface area (Å²) in [4.78, 5) is 21.7. The number of amides is 1. The number of piperidine rings is 1. The second kappa shape index (κ2) is 7.58. The van der Waals surface area contributed by atoms with Crippen molar-refractivity contribution >= 4 is 5.91 Å². The molecule has 2 aliphatic rings. The molecule has 1 aliphatic carbocycles. The van der Waals surface area contributed by atoms with Crippen LogP contribution in [0.25, 0.3) is 0 Å². The van der Waals surface area contributed by atoms with E-state index >= 15 is 0 Å². The molecule has 1 unspecified atom stereocenters. The number of nitrogens with zero attached hydrogens (tertiary/aromatic N) is 3. The molecule has 0 bridgehead atoms. The average molecular weight is 349 g/mol. The van der Waals surface area contributed by atoms with Crippen molar-refractivity contribution in [1.82, 2.24) is 14.8 Å². The highest BCUT2D eigenvalue weighted by molar-refractivity contribution is 5.85. The second-order valence-corrected chi connectivity index (χ2v) is 7.60. The summed E-state index contributed by atoms with van der Waals surface area (Å²) in [6.45, 7) is 3.07. The summed E-state index contributed by atoms with van der Waals surface area (Å²) in [7, 11) is 2.01. The van der Waals surface area contributed by atoms with Crippen LogP contribution in [0, 0.1) is 0 Å². The van der Waals surface area contributed by atoms with Gasteiger partial charge in [0.25, 0.3) is 0 Å². The number of likely N-dealkylation sites (N-methyl/N-ethyl adjacent to an activating group) is 1. The molecule has 26 heavy (non-hydrogen) atoms. The Morgan fingerprint density at radius 3 is 2.62 bits per heavy atom. The molecule has 136 valence electrons. The van der Waals surface area contributed by atoms with Crippen molar-refractivity contribution in [3.8, 4) is 0 Å². The molecule has 2 aromatic rings. The summed E-state index contributed by atoms with van der Waals surface area (Å²) in [6, 6.07) is 13.0. The first-order valence-electron chi connectivity index (χ1n) is 9.68. The molecule has 0 N–H and O–H groups in total. The molecule has 1 aromatic carbocycles. The molecule has 1 saturated heterocycles. The highest BCUT2D eigenvalue weighted by Gasteiger charge is 2.33. The first-order valence-corrected chi connectivity index (χ1v) is 9.68. The van der Waals surface area contributed by atoms with Crippen LogP contribution in [0.4, 0.5) is 0 Å². The molecule has 4 nitrogen and oxygen atoms in total. The van der Waals surface area contributed by atoms with Crippen LogP contribution in [-0.4, -0.2) is 46.9 Å². The van der Waals surface area contributed by atoms with E-state index < -0.39 is 0 Å². The van der Waals surface area contributed by atoms with Gasteiger partial charge in [0.05, 0.1) is 5.92 Å². The monoisotopic (exact) mass is 349 g/mol. The Bertz CT molecular complexity index is 753. The van der Waals surface area contributed by atoms with Gasteiger partial charge in [-0.25, -0.2) is 0 Å². The zero-order valence-electron chi connectivity index (χ0n) is 15.5. The summed E-state index contributed by atoms with van der Waals surface area (Å²) >= 11 is 0. The quantitative estimate of drug-likeness (QED) is 0.850. The van der Waals surface area contributed by atoms with Gasteiger partial charge in [0.15, 0.2) is 0 Å². The second-order valence-electron chi connectivity index (χ2n) is 7.60. The van der Waals surface area contributed by atoms with Crippen LogP contribution < -0.4 is 0 Å². The first kappa shape index (κ1) is 17.2. The smallest absolute Gasteiger partial charge is 0.230 e. The summed E-state index contributed by atoms with van der Waals surface area (Å²) in [5.41, 5.74) is 3.91. The Hall–Kier alpha value is -2.20. The SMILES string of the molecule is CN(C(=O)C1CCc2ccccc21)C1CCN(Cc2ccncc2)CC1. The van der Waals surface area contributed by atoms with E-state index in [2.05, 4.69) is 46.3 Å². The number of benzene rings is 1. The van der Waals surface area contributed by atoms with Crippen molar-refractivity contribution in [2.24, 2.45) is 0 Å². The standard InChI is InChI=1S/C22H27N3O/c1-24(22(26)21-7-6-18-4-2-3-5-20(18)21)19-10-14-25(15-11-19)16-17-8-12-23-13-9-17/h2-5,8-9,12-13,19,21H,6-7,10-11,14-16H2,1H3. The third-order valence-electron chi connectivity index (χ3n) is 6.04. The number of likely N-dealkylation sites (tertiary alicyclic amines) is 1.